The summed E-state index contributed by atoms with van der Waals surface area (Å²) in [5, 5.41) is 0. The van der Waals surface area contributed by atoms with E-state index in [9.17, 15) is 19.2 Å². The minimum atomic E-state index is -0.699. The number of Topliss-reactive ketones (excluding diaryl/α,β-unsaturated/α-hetero) is 1. The van der Waals surface area contributed by atoms with Crippen molar-refractivity contribution in [2.75, 3.05) is 25.2 Å². The monoisotopic (exact) mass is 621 g/mol. The van der Waals surface area contributed by atoms with Gasteiger partial charge < -0.3 is 23.8 Å². The number of carbonyl (C=O) groups excluding carboxylic acids is 4. The molecule has 1 heterocycles. The summed E-state index contributed by atoms with van der Waals surface area (Å²) in [6.07, 6.45) is -0.0142. The Morgan fingerprint density at radius 1 is 0.848 bits per heavy atom. The smallest absolute Gasteiger partial charge is 0.343 e. The maximum atomic E-state index is 12.8. The van der Waals surface area contributed by atoms with Gasteiger partial charge in [-0.2, -0.15) is 0 Å². The van der Waals surface area contributed by atoms with Gasteiger partial charge in [0.05, 0.1) is 18.6 Å². The zero-order chi connectivity index (χ0) is 32.8. The Hall–Kier alpha value is -5.44. The Labute approximate surface area is 267 Å². The summed E-state index contributed by atoms with van der Waals surface area (Å²) in [6.45, 7) is 5.91. The van der Waals surface area contributed by atoms with Gasteiger partial charge in [-0.1, -0.05) is 32.0 Å². The van der Waals surface area contributed by atoms with Crippen LogP contribution in [0.25, 0.3) is 0 Å². The van der Waals surface area contributed by atoms with Crippen molar-refractivity contribution >= 4 is 29.3 Å². The summed E-state index contributed by atoms with van der Waals surface area (Å²) in [7, 11) is 1.50. The number of hydrogen-bond donors (Lipinski definition) is 0. The second-order valence-electron chi connectivity index (χ2n) is 11.4. The number of ketones is 1. The van der Waals surface area contributed by atoms with Crippen molar-refractivity contribution in [1.29, 1.82) is 0 Å². The number of benzene rings is 4. The molecule has 0 aromatic heterocycles. The molecule has 1 atom stereocenters. The number of anilines is 1. The number of ether oxygens (including phenoxy) is 4. The van der Waals surface area contributed by atoms with E-state index in [1.807, 2.05) is 13.0 Å². The molecule has 1 amide bonds. The maximum absolute atomic E-state index is 12.8. The van der Waals surface area contributed by atoms with Gasteiger partial charge in [-0.05, 0) is 96.8 Å². The van der Waals surface area contributed by atoms with Gasteiger partial charge in [0.1, 0.15) is 23.0 Å². The number of amides is 1. The molecule has 0 N–H and O–H groups in total. The Morgan fingerprint density at radius 2 is 1.57 bits per heavy atom. The van der Waals surface area contributed by atoms with Crippen LogP contribution in [-0.4, -0.2) is 43.9 Å². The molecule has 0 unspecified atom stereocenters. The average Bonchev–Trinajstić information content (AvgIpc) is 3.45. The summed E-state index contributed by atoms with van der Waals surface area (Å²) in [5.41, 5.74) is 3.45. The minimum Gasteiger partial charge on any atom is -0.497 e. The Bertz CT molecular complexity index is 1740. The van der Waals surface area contributed by atoms with E-state index in [1.165, 1.54) is 36.3 Å². The molecule has 1 saturated heterocycles. The van der Waals surface area contributed by atoms with Crippen LogP contribution >= 0.6 is 0 Å². The lowest BCUT2D eigenvalue weighted by Crippen LogP contribution is -2.27. The third-order valence-corrected chi connectivity index (χ3v) is 7.66. The van der Waals surface area contributed by atoms with E-state index in [1.54, 1.807) is 48.5 Å². The van der Waals surface area contributed by atoms with Gasteiger partial charge in [-0.3, -0.25) is 14.4 Å². The first-order valence-corrected chi connectivity index (χ1v) is 15.0. The Kier molecular flexibility index (Phi) is 9.81. The molecule has 0 saturated carbocycles. The van der Waals surface area contributed by atoms with Crippen molar-refractivity contribution in [1.82, 2.24) is 0 Å². The number of hydrogen-bond acceptors (Lipinski definition) is 8. The first-order chi connectivity index (χ1) is 22.1. The molecule has 46 heavy (non-hydrogen) atoms. The van der Waals surface area contributed by atoms with Crippen LogP contribution < -0.4 is 19.1 Å². The normalized spacial score (nSPS) is 14.2. The molecule has 4 aromatic rings. The van der Waals surface area contributed by atoms with Gasteiger partial charge in [0, 0.05) is 24.2 Å². The first-order valence-electron chi connectivity index (χ1n) is 15.0. The topological polar surface area (TPSA) is 108 Å². The molecule has 0 bridgehead atoms. The number of nitrogens with zero attached hydrogens (tertiary/aromatic N) is 1. The largest absolute Gasteiger partial charge is 0.497 e. The number of rotatable bonds is 11. The number of methoxy groups -OCH3 is 1. The van der Waals surface area contributed by atoms with Crippen LogP contribution in [0.5, 0.6) is 23.0 Å². The van der Waals surface area contributed by atoms with E-state index >= 15 is 0 Å². The predicted molar refractivity (Wildman–Crippen MR) is 172 cm³/mol. The molecular formula is C37H35NO8. The zero-order valence-electron chi connectivity index (χ0n) is 26.1. The van der Waals surface area contributed by atoms with E-state index in [-0.39, 0.29) is 30.2 Å². The van der Waals surface area contributed by atoms with Crippen LogP contribution in [0, 0.1) is 12.8 Å². The van der Waals surface area contributed by atoms with Crippen molar-refractivity contribution in [2.45, 2.75) is 33.1 Å². The molecule has 9 heteroatoms. The lowest BCUT2D eigenvalue weighted by molar-refractivity contribution is -0.147. The van der Waals surface area contributed by atoms with Gasteiger partial charge in [-0.25, -0.2) is 4.79 Å². The fourth-order valence-electron chi connectivity index (χ4n) is 5.11. The van der Waals surface area contributed by atoms with E-state index < -0.39 is 30.2 Å². The lowest BCUT2D eigenvalue weighted by Gasteiger charge is -2.18. The third-order valence-electron chi connectivity index (χ3n) is 7.66. The van der Waals surface area contributed by atoms with E-state index in [4.69, 9.17) is 18.9 Å². The van der Waals surface area contributed by atoms with Gasteiger partial charge in [0.15, 0.2) is 12.4 Å². The molecule has 9 nitrogen and oxygen atoms in total. The highest BCUT2D eigenvalue weighted by molar-refractivity contribution is 6.01. The Balaban J connectivity index is 1.12. The first kappa shape index (κ1) is 32.0. The van der Waals surface area contributed by atoms with Gasteiger partial charge in [0.25, 0.3) is 0 Å². The van der Waals surface area contributed by atoms with Crippen molar-refractivity contribution in [2.24, 2.45) is 5.92 Å². The molecule has 0 radical (unpaired) electrons. The van der Waals surface area contributed by atoms with Crippen LogP contribution in [0.3, 0.4) is 0 Å². The number of aryl methyl sites for hydroxylation is 1. The SMILES string of the molecule is COc1cccc(C(=O)Oc2ccc(C(=O)COC(=O)[C@H]3CC(=O)N(c4ccc(Oc5cc(C)ccc5C(C)C)cc4)C3)cc2)c1. The van der Waals surface area contributed by atoms with Crippen molar-refractivity contribution in [3.05, 3.63) is 113 Å². The summed E-state index contributed by atoms with van der Waals surface area (Å²) in [6, 6.07) is 25.8. The second-order valence-corrected chi connectivity index (χ2v) is 11.4. The van der Waals surface area contributed by atoms with Crippen LogP contribution in [0.4, 0.5) is 5.69 Å². The summed E-state index contributed by atoms with van der Waals surface area (Å²) < 4.78 is 22.0. The number of esters is 2. The second kappa shape index (κ2) is 14.1. The molecule has 1 aliphatic heterocycles. The fraction of sp³-hybridized carbons (Fsp3) is 0.243. The van der Waals surface area contributed by atoms with E-state index in [0.29, 0.717) is 28.7 Å². The molecule has 236 valence electrons. The molecule has 0 aliphatic carbocycles. The molecular weight excluding hydrogens is 586 g/mol. The quantitative estimate of drug-likeness (QED) is 0.101. The predicted octanol–water partition coefficient (Wildman–Crippen LogP) is 6.92. The third kappa shape index (κ3) is 7.61. The summed E-state index contributed by atoms with van der Waals surface area (Å²) >= 11 is 0. The van der Waals surface area contributed by atoms with Crippen molar-refractivity contribution in [3.63, 3.8) is 0 Å². The molecule has 4 aromatic carbocycles. The van der Waals surface area contributed by atoms with E-state index in [2.05, 4.69) is 26.0 Å². The van der Waals surface area contributed by atoms with Gasteiger partial charge >= 0.3 is 11.9 Å². The lowest BCUT2D eigenvalue weighted by atomic mass is 10.0. The van der Waals surface area contributed by atoms with Crippen molar-refractivity contribution < 1.29 is 38.1 Å². The average molecular weight is 622 g/mol. The van der Waals surface area contributed by atoms with Gasteiger partial charge in [-0.15, -0.1) is 0 Å². The standard InChI is InChI=1S/C37H35NO8/c1-23(2)32-17-8-24(3)18-34(32)45-29-15-11-28(12-16-29)38-21-27(20-35(38)40)36(41)44-22-33(39)25-9-13-30(14-10-25)46-37(42)26-6-5-7-31(19-26)43-4/h5-19,23,27H,20-22H2,1-4H3/t27-/m0/s1. The molecule has 5 rings (SSSR count). The molecule has 0 spiro atoms. The van der Waals surface area contributed by atoms with Crippen molar-refractivity contribution in [3.8, 4) is 23.0 Å². The highest BCUT2D eigenvalue weighted by Crippen LogP contribution is 2.33. The number of carbonyl (C=O) groups is 4. The molecule has 1 aliphatic rings. The summed E-state index contributed by atoms with van der Waals surface area (Å²) in [5.74, 6) is -0.0114. The Morgan fingerprint density at radius 3 is 2.26 bits per heavy atom. The molecule has 1 fully saturated rings. The highest BCUT2D eigenvalue weighted by Gasteiger charge is 2.36. The van der Waals surface area contributed by atoms with E-state index in [0.717, 1.165) is 16.9 Å². The van der Waals surface area contributed by atoms with Crippen LogP contribution in [0.15, 0.2) is 91.0 Å². The summed E-state index contributed by atoms with van der Waals surface area (Å²) in [4.78, 5) is 52.2. The minimum absolute atomic E-state index is 0.0142. The van der Waals surface area contributed by atoms with Crippen LogP contribution in [-0.2, 0) is 14.3 Å². The maximum Gasteiger partial charge on any atom is 0.343 e. The van der Waals surface area contributed by atoms with Gasteiger partial charge in [0.2, 0.25) is 5.91 Å². The highest BCUT2D eigenvalue weighted by atomic mass is 16.5. The van der Waals surface area contributed by atoms with Crippen LogP contribution in [0.2, 0.25) is 0 Å². The zero-order valence-corrected chi connectivity index (χ0v) is 26.1. The fourth-order valence-corrected chi connectivity index (χ4v) is 5.11. The van der Waals surface area contributed by atoms with Crippen LogP contribution in [0.1, 0.15) is 58.0 Å².